The number of aliphatic hydroxyl groups excluding tert-OH is 2. The molecular weight excluding hydrogens is 252 g/mol. The van der Waals surface area contributed by atoms with Crippen LogP contribution in [0, 0.1) is 0 Å². The van der Waals surface area contributed by atoms with Gasteiger partial charge in [0.1, 0.15) is 0 Å². The number of carboxylic acid groups (broad SMARTS) is 3. The van der Waals surface area contributed by atoms with E-state index in [1.165, 1.54) is 6.92 Å². The van der Waals surface area contributed by atoms with Crippen molar-refractivity contribution in [3.05, 3.63) is 0 Å². The molecular formula is C9H16O9. The fourth-order valence-electron chi connectivity index (χ4n) is 0.714. The summed E-state index contributed by atoms with van der Waals surface area (Å²) < 4.78 is 0. The van der Waals surface area contributed by atoms with Crippen LogP contribution in [0.4, 0.5) is 0 Å². The van der Waals surface area contributed by atoms with Crippen LogP contribution in [-0.4, -0.2) is 66.9 Å². The van der Waals surface area contributed by atoms with E-state index in [2.05, 4.69) is 0 Å². The lowest BCUT2D eigenvalue weighted by Gasteiger charge is -2.18. The summed E-state index contributed by atoms with van der Waals surface area (Å²) in [6.07, 6.45) is -2.85. The molecule has 0 aliphatic heterocycles. The highest BCUT2D eigenvalue weighted by atomic mass is 16.4. The van der Waals surface area contributed by atoms with Gasteiger partial charge in [-0.25, -0.2) is 4.79 Å². The molecule has 0 rings (SSSR count). The Morgan fingerprint density at radius 3 is 1.44 bits per heavy atom. The van der Waals surface area contributed by atoms with Gasteiger partial charge in [0.15, 0.2) is 5.60 Å². The molecule has 0 aromatic heterocycles. The number of aliphatic carboxylic acids is 3. The van der Waals surface area contributed by atoms with Crippen molar-refractivity contribution in [3.8, 4) is 0 Å². The van der Waals surface area contributed by atoms with Gasteiger partial charge >= 0.3 is 17.9 Å². The fraction of sp³-hybridized carbons (Fsp3) is 0.667. The average molecular weight is 268 g/mol. The van der Waals surface area contributed by atoms with Crippen LogP contribution in [0.5, 0.6) is 0 Å². The van der Waals surface area contributed by atoms with E-state index in [9.17, 15) is 14.4 Å². The molecule has 9 heteroatoms. The van der Waals surface area contributed by atoms with Crippen molar-refractivity contribution in [1.29, 1.82) is 0 Å². The third-order valence-corrected chi connectivity index (χ3v) is 1.55. The minimum atomic E-state index is -2.74. The Bertz CT molecular complexity index is 280. The first-order valence-electron chi connectivity index (χ1n) is 4.73. The van der Waals surface area contributed by atoms with Gasteiger partial charge in [0.2, 0.25) is 0 Å². The van der Waals surface area contributed by atoms with Crippen molar-refractivity contribution in [3.63, 3.8) is 0 Å². The maximum absolute atomic E-state index is 10.3. The molecule has 0 amide bonds. The van der Waals surface area contributed by atoms with Crippen LogP contribution in [0.1, 0.15) is 19.8 Å². The van der Waals surface area contributed by atoms with E-state index in [1.807, 2.05) is 0 Å². The molecule has 1 atom stereocenters. The lowest BCUT2D eigenvalue weighted by Crippen LogP contribution is -2.42. The summed E-state index contributed by atoms with van der Waals surface area (Å²) >= 11 is 0. The standard InChI is InChI=1S/C6H8O7.C3H8O2/c7-3(8)1-6(13,5(11)12)2-4(9)10;1-3(5)2-4/h13H,1-2H2,(H,7,8)(H,9,10)(H,11,12);3-5H,2H2,1H3. The molecule has 6 N–H and O–H groups in total. The largest absolute Gasteiger partial charge is 0.481 e. The minimum absolute atomic E-state index is 0.139. The van der Waals surface area contributed by atoms with Crippen LogP contribution >= 0.6 is 0 Å². The van der Waals surface area contributed by atoms with Gasteiger partial charge in [-0.05, 0) is 6.92 Å². The van der Waals surface area contributed by atoms with Crippen LogP contribution in [0.2, 0.25) is 0 Å². The molecule has 9 nitrogen and oxygen atoms in total. The molecule has 0 aromatic rings. The summed E-state index contributed by atoms with van der Waals surface area (Å²) in [6, 6.07) is 0. The van der Waals surface area contributed by atoms with Crippen LogP contribution in [0.3, 0.4) is 0 Å². The summed E-state index contributed by atoms with van der Waals surface area (Å²) in [5.41, 5.74) is -2.74. The van der Waals surface area contributed by atoms with E-state index in [0.717, 1.165) is 0 Å². The molecule has 0 spiro atoms. The number of hydrogen-bond acceptors (Lipinski definition) is 6. The molecule has 106 valence electrons. The molecule has 0 saturated heterocycles. The highest BCUT2D eigenvalue weighted by Crippen LogP contribution is 2.15. The third kappa shape index (κ3) is 9.51. The number of carboxylic acids is 3. The normalized spacial score (nSPS) is 12.0. The Hall–Kier alpha value is -1.71. The van der Waals surface area contributed by atoms with Gasteiger partial charge in [0.05, 0.1) is 25.6 Å². The Kier molecular flexibility index (Phi) is 8.69. The SMILES string of the molecule is CC(O)CO.O=C(O)CC(O)(CC(=O)O)C(=O)O. The van der Waals surface area contributed by atoms with Crippen molar-refractivity contribution in [2.75, 3.05) is 6.61 Å². The maximum Gasteiger partial charge on any atom is 0.336 e. The quantitative estimate of drug-likeness (QED) is 0.322. The van der Waals surface area contributed by atoms with E-state index < -0.39 is 42.5 Å². The topological polar surface area (TPSA) is 173 Å². The molecule has 0 bridgehead atoms. The van der Waals surface area contributed by atoms with Crippen LogP contribution in [-0.2, 0) is 14.4 Å². The summed E-state index contributed by atoms with van der Waals surface area (Å²) in [5.74, 6) is -5.02. The smallest absolute Gasteiger partial charge is 0.336 e. The highest BCUT2D eigenvalue weighted by molar-refractivity contribution is 5.88. The van der Waals surface area contributed by atoms with Crippen LogP contribution < -0.4 is 0 Å². The van der Waals surface area contributed by atoms with Gasteiger partial charge in [-0.15, -0.1) is 0 Å². The molecule has 0 aliphatic carbocycles. The van der Waals surface area contributed by atoms with E-state index >= 15 is 0 Å². The van der Waals surface area contributed by atoms with Crippen LogP contribution in [0.25, 0.3) is 0 Å². The molecule has 1 unspecified atom stereocenters. The Labute approximate surface area is 102 Å². The van der Waals surface area contributed by atoms with Gasteiger partial charge < -0.3 is 30.6 Å². The number of rotatable bonds is 6. The van der Waals surface area contributed by atoms with Gasteiger partial charge in [0, 0.05) is 0 Å². The van der Waals surface area contributed by atoms with Crippen LogP contribution in [0.15, 0.2) is 0 Å². The molecule has 0 aromatic carbocycles. The van der Waals surface area contributed by atoms with Crippen molar-refractivity contribution in [2.24, 2.45) is 0 Å². The monoisotopic (exact) mass is 268 g/mol. The van der Waals surface area contributed by atoms with Gasteiger partial charge in [-0.2, -0.15) is 0 Å². The highest BCUT2D eigenvalue weighted by Gasteiger charge is 2.40. The maximum atomic E-state index is 10.3. The van der Waals surface area contributed by atoms with E-state index in [1.54, 1.807) is 0 Å². The Balaban J connectivity index is 0. The minimum Gasteiger partial charge on any atom is -0.481 e. The second kappa shape index (κ2) is 8.39. The van der Waals surface area contributed by atoms with E-state index in [-0.39, 0.29) is 6.61 Å². The summed E-state index contributed by atoms with van der Waals surface area (Å²) in [7, 11) is 0. The lowest BCUT2D eigenvalue weighted by atomic mass is 9.96. The third-order valence-electron chi connectivity index (χ3n) is 1.55. The zero-order valence-corrected chi connectivity index (χ0v) is 9.61. The predicted octanol–water partition coefficient (Wildman–Crippen LogP) is -1.89. The fourth-order valence-corrected chi connectivity index (χ4v) is 0.714. The molecule has 18 heavy (non-hydrogen) atoms. The molecule has 0 heterocycles. The first-order chi connectivity index (χ1) is 8.05. The summed E-state index contributed by atoms with van der Waals surface area (Å²) in [5, 5.41) is 49.8. The first-order valence-corrected chi connectivity index (χ1v) is 4.73. The van der Waals surface area contributed by atoms with E-state index in [4.69, 9.17) is 30.6 Å². The lowest BCUT2D eigenvalue weighted by molar-refractivity contribution is -0.170. The number of hydrogen-bond donors (Lipinski definition) is 6. The summed E-state index contributed by atoms with van der Waals surface area (Å²) in [6.45, 7) is 1.39. The van der Waals surface area contributed by atoms with Gasteiger partial charge in [-0.1, -0.05) is 0 Å². The van der Waals surface area contributed by atoms with Crippen molar-refractivity contribution >= 4 is 17.9 Å². The van der Waals surface area contributed by atoms with Gasteiger partial charge in [0.25, 0.3) is 0 Å². The first kappa shape index (κ1) is 18.6. The predicted molar refractivity (Wildman–Crippen MR) is 55.9 cm³/mol. The van der Waals surface area contributed by atoms with E-state index in [0.29, 0.717) is 0 Å². The molecule has 0 fully saturated rings. The Morgan fingerprint density at radius 1 is 1.06 bits per heavy atom. The average Bonchev–Trinajstić information content (AvgIpc) is 2.15. The Morgan fingerprint density at radius 2 is 1.33 bits per heavy atom. The number of carbonyl (C=O) groups is 3. The summed E-state index contributed by atoms with van der Waals surface area (Å²) in [4.78, 5) is 30.5. The molecule has 0 saturated carbocycles. The zero-order valence-electron chi connectivity index (χ0n) is 9.61. The zero-order chi connectivity index (χ0) is 14.9. The second-order valence-corrected chi connectivity index (χ2v) is 3.51. The van der Waals surface area contributed by atoms with Crippen molar-refractivity contribution in [1.82, 2.24) is 0 Å². The molecule has 0 radical (unpaired) electrons. The van der Waals surface area contributed by atoms with Crippen molar-refractivity contribution < 1.29 is 45.0 Å². The second-order valence-electron chi connectivity index (χ2n) is 3.51. The van der Waals surface area contributed by atoms with Gasteiger partial charge in [-0.3, -0.25) is 9.59 Å². The van der Waals surface area contributed by atoms with Crippen molar-refractivity contribution in [2.45, 2.75) is 31.5 Å². The molecule has 0 aliphatic rings. The number of aliphatic hydroxyl groups is 3.